The zero-order valence-corrected chi connectivity index (χ0v) is 17.1. The summed E-state index contributed by atoms with van der Waals surface area (Å²) in [4.78, 5) is 15.1. The van der Waals surface area contributed by atoms with Gasteiger partial charge in [0.25, 0.3) is 0 Å². The molecule has 1 aromatic heterocycles. The average molecular weight is 435 g/mol. The number of allylic oxidation sites excluding steroid dienone is 3. The zero-order valence-electron chi connectivity index (χ0n) is 17.1. The fraction of sp³-hybridized carbons (Fsp3) is 0.391. The van der Waals surface area contributed by atoms with Crippen LogP contribution in [0.4, 0.5) is 13.2 Å². The van der Waals surface area contributed by atoms with E-state index < -0.39 is 17.7 Å². The van der Waals surface area contributed by atoms with E-state index in [1.165, 1.54) is 18.4 Å². The number of carboxylic acid groups (broad SMARTS) is 1. The number of oxazole rings is 1. The molecule has 0 radical (unpaired) electrons. The summed E-state index contributed by atoms with van der Waals surface area (Å²) in [7, 11) is 0. The van der Waals surface area contributed by atoms with Gasteiger partial charge in [-0.2, -0.15) is 13.2 Å². The quantitative estimate of drug-likeness (QED) is 0.532. The maximum absolute atomic E-state index is 12.7. The van der Waals surface area contributed by atoms with Gasteiger partial charge in [-0.1, -0.05) is 13.0 Å². The molecule has 1 N–H and O–H groups in total. The summed E-state index contributed by atoms with van der Waals surface area (Å²) < 4.78 is 49.2. The van der Waals surface area contributed by atoms with Crippen molar-refractivity contribution in [2.45, 2.75) is 38.8 Å². The summed E-state index contributed by atoms with van der Waals surface area (Å²) in [5.74, 6) is 0.628. The first kappa shape index (κ1) is 22.7. The van der Waals surface area contributed by atoms with E-state index in [-0.39, 0.29) is 24.1 Å². The molecule has 0 saturated carbocycles. The van der Waals surface area contributed by atoms with Gasteiger partial charge in [0.1, 0.15) is 12.0 Å². The van der Waals surface area contributed by atoms with E-state index in [2.05, 4.69) is 11.9 Å². The largest absolute Gasteiger partial charge is 0.494 e. The Bertz CT molecular complexity index is 944. The Hall–Kier alpha value is -3.03. The first-order chi connectivity index (χ1) is 14.8. The number of carbonyl (C=O) groups is 1. The standard InChI is InChI=1S/C23H24F3NO4/c1-2-15-13-20(9-5-16(15)6-10-21(28)29)30-12-11-19-14-31-22(27-19)17-3-7-18(8-4-17)23(24,25)26/h3-5,7-9,13-16H,2,6,10-12H2,1H3,(H,28,29). The van der Waals surface area contributed by atoms with E-state index in [9.17, 15) is 18.0 Å². The average Bonchev–Trinajstić information content (AvgIpc) is 3.21. The van der Waals surface area contributed by atoms with Gasteiger partial charge >= 0.3 is 12.1 Å². The van der Waals surface area contributed by atoms with Crippen molar-refractivity contribution in [3.8, 4) is 11.5 Å². The van der Waals surface area contributed by atoms with Crippen molar-refractivity contribution < 1.29 is 32.2 Å². The third kappa shape index (κ3) is 6.23. The third-order valence-electron chi connectivity index (χ3n) is 5.24. The Morgan fingerprint density at radius 3 is 2.61 bits per heavy atom. The summed E-state index contributed by atoms with van der Waals surface area (Å²) >= 11 is 0. The Balaban J connectivity index is 1.52. The molecule has 31 heavy (non-hydrogen) atoms. The van der Waals surface area contributed by atoms with Crippen LogP contribution in [0.1, 0.15) is 37.4 Å². The van der Waals surface area contributed by atoms with Crippen molar-refractivity contribution in [2.75, 3.05) is 6.61 Å². The smallest absolute Gasteiger partial charge is 0.416 e. The summed E-state index contributed by atoms with van der Waals surface area (Å²) in [5.41, 5.74) is 0.388. The molecule has 0 spiro atoms. The molecular weight excluding hydrogens is 411 g/mol. The Morgan fingerprint density at radius 1 is 1.23 bits per heavy atom. The van der Waals surface area contributed by atoms with Crippen LogP contribution in [0.25, 0.3) is 11.5 Å². The number of hydrogen-bond acceptors (Lipinski definition) is 4. The van der Waals surface area contributed by atoms with Gasteiger partial charge in [0, 0.05) is 18.4 Å². The molecule has 3 rings (SSSR count). The van der Waals surface area contributed by atoms with Crippen molar-refractivity contribution >= 4 is 5.97 Å². The maximum atomic E-state index is 12.7. The lowest BCUT2D eigenvalue weighted by Crippen LogP contribution is -2.16. The number of rotatable bonds is 9. The Morgan fingerprint density at radius 2 is 1.97 bits per heavy atom. The molecule has 2 unspecified atom stereocenters. The number of halogens is 3. The van der Waals surface area contributed by atoms with Crippen LogP contribution in [0.3, 0.4) is 0 Å². The number of hydrogen-bond donors (Lipinski definition) is 1. The summed E-state index contributed by atoms with van der Waals surface area (Å²) in [6.45, 7) is 2.43. The highest BCUT2D eigenvalue weighted by Crippen LogP contribution is 2.31. The molecule has 1 aliphatic rings. The van der Waals surface area contributed by atoms with Crippen LogP contribution in [0.5, 0.6) is 0 Å². The van der Waals surface area contributed by atoms with Gasteiger partial charge in [-0.3, -0.25) is 4.79 Å². The summed E-state index contributed by atoms with van der Waals surface area (Å²) in [6, 6.07) is 4.66. The fourth-order valence-corrected chi connectivity index (χ4v) is 3.50. The second kappa shape index (κ2) is 9.85. The molecular formula is C23H24F3NO4. The predicted molar refractivity (Wildman–Crippen MR) is 108 cm³/mol. The lowest BCUT2D eigenvalue weighted by atomic mass is 9.83. The summed E-state index contributed by atoms with van der Waals surface area (Å²) in [5, 5.41) is 8.88. The molecule has 0 amide bonds. The highest BCUT2D eigenvalue weighted by molar-refractivity contribution is 5.66. The van der Waals surface area contributed by atoms with Crippen LogP contribution >= 0.6 is 0 Å². The number of aromatic nitrogens is 1. The highest BCUT2D eigenvalue weighted by Gasteiger charge is 2.30. The van der Waals surface area contributed by atoms with Gasteiger partial charge in [0.15, 0.2) is 0 Å². The first-order valence-corrected chi connectivity index (χ1v) is 10.1. The number of carboxylic acids is 1. The lowest BCUT2D eigenvalue weighted by molar-refractivity contribution is -0.138. The van der Waals surface area contributed by atoms with Crippen LogP contribution in [0, 0.1) is 11.8 Å². The molecule has 1 aliphatic carbocycles. The van der Waals surface area contributed by atoms with Crippen LogP contribution in [0.2, 0.25) is 0 Å². The minimum atomic E-state index is -4.38. The number of alkyl halides is 3. The van der Waals surface area contributed by atoms with Gasteiger partial charge in [0.05, 0.1) is 17.9 Å². The van der Waals surface area contributed by atoms with Gasteiger partial charge in [-0.05, 0) is 61.1 Å². The van der Waals surface area contributed by atoms with Gasteiger partial charge in [-0.15, -0.1) is 0 Å². The van der Waals surface area contributed by atoms with Crippen LogP contribution < -0.4 is 0 Å². The summed E-state index contributed by atoms with van der Waals surface area (Å²) in [6.07, 6.45) is 5.10. The molecule has 8 heteroatoms. The lowest BCUT2D eigenvalue weighted by Gasteiger charge is -2.24. The molecule has 0 bridgehead atoms. The fourth-order valence-electron chi connectivity index (χ4n) is 3.50. The van der Waals surface area contributed by atoms with Crippen LogP contribution in [-0.2, 0) is 22.1 Å². The van der Waals surface area contributed by atoms with Gasteiger partial charge in [-0.25, -0.2) is 4.98 Å². The van der Waals surface area contributed by atoms with E-state index in [0.717, 1.165) is 24.3 Å². The molecule has 0 saturated heterocycles. The Kier molecular flexibility index (Phi) is 7.20. The minimum absolute atomic E-state index is 0.142. The Labute approximate surface area is 178 Å². The molecule has 166 valence electrons. The molecule has 0 fully saturated rings. The molecule has 1 heterocycles. The van der Waals surface area contributed by atoms with E-state index in [0.29, 0.717) is 30.7 Å². The first-order valence-electron chi connectivity index (χ1n) is 10.1. The maximum Gasteiger partial charge on any atom is 0.416 e. The van der Waals surface area contributed by atoms with Crippen molar-refractivity contribution in [3.63, 3.8) is 0 Å². The van der Waals surface area contributed by atoms with Crippen molar-refractivity contribution in [1.82, 2.24) is 4.98 Å². The van der Waals surface area contributed by atoms with Gasteiger partial charge in [0.2, 0.25) is 5.89 Å². The number of ether oxygens (including phenoxy) is 1. The number of aliphatic carboxylic acids is 1. The van der Waals surface area contributed by atoms with Gasteiger partial charge < -0.3 is 14.3 Å². The SMILES string of the molecule is CCC1C=C(OCCc2coc(-c3ccc(C(F)(F)F)cc3)n2)C=CC1CCC(=O)O. The zero-order chi connectivity index (χ0) is 22.4. The molecule has 1 aromatic carbocycles. The minimum Gasteiger partial charge on any atom is -0.494 e. The normalized spacial score (nSPS) is 18.6. The van der Waals surface area contributed by atoms with Crippen LogP contribution in [-0.4, -0.2) is 22.7 Å². The molecule has 2 atom stereocenters. The van der Waals surface area contributed by atoms with Crippen molar-refractivity contribution in [2.24, 2.45) is 11.8 Å². The molecule has 5 nitrogen and oxygen atoms in total. The van der Waals surface area contributed by atoms with E-state index in [1.807, 2.05) is 18.2 Å². The van der Waals surface area contributed by atoms with E-state index in [1.54, 1.807) is 0 Å². The second-order valence-corrected chi connectivity index (χ2v) is 7.41. The van der Waals surface area contributed by atoms with E-state index >= 15 is 0 Å². The van der Waals surface area contributed by atoms with Crippen molar-refractivity contribution in [1.29, 1.82) is 0 Å². The van der Waals surface area contributed by atoms with E-state index in [4.69, 9.17) is 14.3 Å². The van der Waals surface area contributed by atoms with Crippen LogP contribution in [0.15, 0.2) is 58.9 Å². The number of nitrogens with zero attached hydrogens (tertiary/aromatic N) is 1. The topological polar surface area (TPSA) is 72.6 Å². The second-order valence-electron chi connectivity index (χ2n) is 7.41. The molecule has 0 aliphatic heterocycles. The monoisotopic (exact) mass is 435 g/mol. The highest BCUT2D eigenvalue weighted by atomic mass is 19.4. The number of benzene rings is 1. The van der Waals surface area contributed by atoms with Crippen molar-refractivity contribution in [3.05, 3.63) is 65.8 Å². The predicted octanol–water partition coefficient (Wildman–Crippen LogP) is 5.88. The third-order valence-corrected chi connectivity index (χ3v) is 5.24. The molecule has 2 aromatic rings.